The van der Waals surface area contributed by atoms with Crippen LogP contribution in [0.5, 0.6) is 0 Å². The van der Waals surface area contributed by atoms with Gasteiger partial charge in [-0.15, -0.1) is 0 Å². The van der Waals surface area contributed by atoms with E-state index in [1.54, 1.807) is 0 Å². The summed E-state index contributed by atoms with van der Waals surface area (Å²) in [7, 11) is 0. The summed E-state index contributed by atoms with van der Waals surface area (Å²) in [6.45, 7) is 1.22. The third kappa shape index (κ3) is 5.64. The Kier molecular flexibility index (Phi) is 8.14. The van der Waals surface area contributed by atoms with Crippen LogP contribution in [0, 0.1) is 5.41 Å². The molecule has 0 atom stereocenters. The van der Waals surface area contributed by atoms with E-state index in [4.69, 9.17) is 11.5 Å². The molecule has 0 aromatic carbocycles. The number of hydrogen-bond donors (Lipinski definition) is 2. The van der Waals surface area contributed by atoms with Crippen molar-refractivity contribution in [2.45, 2.75) is 38.5 Å². The van der Waals surface area contributed by atoms with Gasteiger partial charge in [-0.2, -0.15) is 0 Å². The van der Waals surface area contributed by atoms with Crippen LogP contribution in [0.25, 0.3) is 0 Å². The van der Waals surface area contributed by atoms with Crippen LogP contribution in [0.15, 0.2) is 0 Å². The number of carbonyl (C=O) groups is 2. The number of unbranched alkanes of at least 4 members (excludes halogenated alkanes) is 2. The molecular formula is C11H22N2O2. The van der Waals surface area contributed by atoms with Gasteiger partial charge in [0.15, 0.2) is 0 Å². The molecule has 0 fully saturated rings. The highest BCUT2D eigenvalue weighted by Crippen LogP contribution is 2.26. The van der Waals surface area contributed by atoms with Crippen LogP contribution < -0.4 is 11.5 Å². The number of rotatable bonds is 10. The molecule has 0 heterocycles. The number of nitrogens with two attached hydrogens (primary N) is 2. The molecule has 0 aromatic rings. The van der Waals surface area contributed by atoms with Crippen molar-refractivity contribution in [2.24, 2.45) is 16.9 Å². The Bertz CT molecular complexity index is 163. The van der Waals surface area contributed by atoms with Gasteiger partial charge < -0.3 is 21.1 Å². The Morgan fingerprint density at radius 1 is 0.800 bits per heavy atom. The molecular weight excluding hydrogens is 192 g/mol. The average molecular weight is 214 g/mol. The maximum absolute atomic E-state index is 11.0. The van der Waals surface area contributed by atoms with Crippen molar-refractivity contribution in [1.29, 1.82) is 0 Å². The van der Waals surface area contributed by atoms with Crippen molar-refractivity contribution >= 4 is 12.6 Å². The fraction of sp³-hybridized carbons (Fsp3) is 0.818. The van der Waals surface area contributed by atoms with Crippen LogP contribution in [-0.2, 0) is 9.59 Å². The molecule has 0 aliphatic rings. The van der Waals surface area contributed by atoms with Crippen molar-refractivity contribution < 1.29 is 9.59 Å². The average Bonchev–Trinajstić information content (AvgIpc) is 2.28. The summed E-state index contributed by atoms with van der Waals surface area (Å²) in [6.07, 6.45) is 6.18. The smallest absolute Gasteiger partial charge is 0.133 e. The van der Waals surface area contributed by atoms with Gasteiger partial charge in [0.05, 0.1) is 5.41 Å². The zero-order chi connectivity index (χ0) is 11.6. The topological polar surface area (TPSA) is 86.2 Å². The molecule has 0 aliphatic heterocycles. The molecule has 4 N–H and O–H groups in total. The predicted octanol–water partition coefficient (Wildman–Crippen LogP) is 0.629. The van der Waals surface area contributed by atoms with Crippen molar-refractivity contribution in [1.82, 2.24) is 0 Å². The molecule has 4 nitrogen and oxygen atoms in total. The van der Waals surface area contributed by atoms with Crippen molar-refractivity contribution in [3.8, 4) is 0 Å². The molecule has 0 unspecified atom stereocenters. The molecule has 15 heavy (non-hydrogen) atoms. The molecule has 88 valence electrons. The van der Waals surface area contributed by atoms with E-state index >= 15 is 0 Å². The number of hydrogen-bond acceptors (Lipinski definition) is 4. The first-order valence-corrected chi connectivity index (χ1v) is 5.57. The van der Waals surface area contributed by atoms with Gasteiger partial charge >= 0.3 is 0 Å². The summed E-state index contributed by atoms with van der Waals surface area (Å²) < 4.78 is 0. The summed E-state index contributed by atoms with van der Waals surface area (Å²) in [5, 5.41) is 0. The second kappa shape index (κ2) is 8.56. The zero-order valence-corrected chi connectivity index (χ0v) is 9.28. The van der Waals surface area contributed by atoms with Gasteiger partial charge in [0.1, 0.15) is 12.6 Å². The van der Waals surface area contributed by atoms with E-state index in [0.29, 0.717) is 25.9 Å². The van der Waals surface area contributed by atoms with Gasteiger partial charge in [-0.3, -0.25) is 0 Å². The lowest BCUT2D eigenvalue weighted by Crippen LogP contribution is -2.25. The quantitative estimate of drug-likeness (QED) is 0.317. The molecule has 0 amide bonds. The Labute approximate surface area is 91.4 Å². The molecule has 0 radical (unpaired) electrons. The van der Waals surface area contributed by atoms with Crippen LogP contribution in [0.3, 0.4) is 0 Å². The first-order chi connectivity index (χ1) is 7.24. The lowest BCUT2D eigenvalue weighted by molar-refractivity contribution is -0.127. The van der Waals surface area contributed by atoms with Crippen molar-refractivity contribution in [2.75, 3.05) is 13.1 Å². The SMILES string of the molecule is NCCCCC(C=O)(C=O)CCCCN. The third-order valence-electron chi connectivity index (χ3n) is 2.66. The van der Waals surface area contributed by atoms with E-state index in [9.17, 15) is 9.59 Å². The molecule has 0 bridgehead atoms. The van der Waals surface area contributed by atoms with E-state index in [1.807, 2.05) is 0 Å². The second-order valence-electron chi connectivity index (χ2n) is 3.96. The largest absolute Gasteiger partial charge is 0.330 e. The summed E-state index contributed by atoms with van der Waals surface area (Å²) in [5.41, 5.74) is 9.95. The highest BCUT2D eigenvalue weighted by molar-refractivity contribution is 5.83. The van der Waals surface area contributed by atoms with Gasteiger partial charge in [0, 0.05) is 0 Å². The van der Waals surface area contributed by atoms with Crippen molar-refractivity contribution in [3.05, 3.63) is 0 Å². The van der Waals surface area contributed by atoms with E-state index < -0.39 is 5.41 Å². The minimum atomic E-state index is -0.787. The molecule has 0 rings (SSSR count). The zero-order valence-electron chi connectivity index (χ0n) is 9.28. The maximum atomic E-state index is 11.0. The lowest BCUT2D eigenvalue weighted by atomic mass is 9.81. The maximum Gasteiger partial charge on any atom is 0.133 e. The molecule has 0 aliphatic carbocycles. The fourth-order valence-electron chi connectivity index (χ4n) is 1.59. The Balaban J connectivity index is 4.05. The van der Waals surface area contributed by atoms with E-state index in [1.165, 1.54) is 0 Å². The van der Waals surface area contributed by atoms with Crippen LogP contribution in [0.4, 0.5) is 0 Å². The van der Waals surface area contributed by atoms with Crippen LogP contribution in [-0.4, -0.2) is 25.7 Å². The van der Waals surface area contributed by atoms with E-state index in [2.05, 4.69) is 0 Å². The van der Waals surface area contributed by atoms with E-state index in [0.717, 1.165) is 38.3 Å². The Hall–Kier alpha value is -0.740. The molecule has 0 aromatic heterocycles. The first kappa shape index (κ1) is 14.3. The number of aldehydes is 2. The highest BCUT2D eigenvalue weighted by Gasteiger charge is 2.27. The minimum absolute atomic E-state index is 0.608. The van der Waals surface area contributed by atoms with Gasteiger partial charge in [-0.1, -0.05) is 12.8 Å². The first-order valence-electron chi connectivity index (χ1n) is 5.57. The van der Waals surface area contributed by atoms with Crippen LogP contribution in [0.1, 0.15) is 38.5 Å². The molecule has 4 heteroatoms. The fourth-order valence-corrected chi connectivity index (χ4v) is 1.59. The minimum Gasteiger partial charge on any atom is -0.330 e. The lowest BCUT2D eigenvalue weighted by Gasteiger charge is -2.20. The van der Waals surface area contributed by atoms with E-state index in [-0.39, 0.29) is 0 Å². The second-order valence-corrected chi connectivity index (χ2v) is 3.96. The van der Waals surface area contributed by atoms with Gasteiger partial charge in [0.2, 0.25) is 0 Å². The van der Waals surface area contributed by atoms with Crippen LogP contribution >= 0.6 is 0 Å². The number of carbonyl (C=O) groups excluding carboxylic acids is 2. The summed E-state index contributed by atoms with van der Waals surface area (Å²) in [6, 6.07) is 0. The molecule has 0 saturated carbocycles. The summed E-state index contributed by atoms with van der Waals surface area (Å²) in [4.78, 5) is 21.9. The van der Waals surface area contributed by atoms with Gasteiger partial charge in [-0.25, -0.2) is 0 Å². The normalized spacial score (nSPS) is 11.3. The predicted molar refractivity (Wildman–Crippen MR) is 60.4 cm³/mol. The monoisotopic (exact) mass is 214 g/mol. The highest BCUT2D eigenvalue weighted by atomic mass is 16.1. The van der Waals surface area contributed by atoms with Crippen LogP contribution in [0.2, 0.25) is 0 Å². The van der Waals surface area contributed by atoms with Gasteiger partial charge in [0.25, 0.3) is 0 Å². The molecule has 0 spiro atoms. The standard InChI is InChI=1S/C11H22N2O2/c12-7-3-1-5-11(9-14,10-15)6-2-4-8-13/h9-10H,1-8,12-13H2. The molecule has 0 saturated heterocycles. The summed E-state index contributed by atoms with van der Waals surface area (Å²) >= 11 is 0. The Morgan fingerprint density at radius 2 is 1.20 bits per heavy atom. The Morgan fingerprint density at radius 3 is 1.47 bits per heavy atom. The van der Waals surface area contributed by atoms with Gasteiger partial charge in [-0.05, 0) is 38.8 Å². The van der Waals surface area contributed by atoms with Crippen molar-refractivity contribution in [3.63, 3.8) is 0 Å². The summed E-state index contributed by atoms with van der Waals surface area (Å²) in [5.74, 6) is 0. The third-order valence-corrected chi connectivity index (χ3v) is 2.66.